The second-order valence-electron chi connectivity index (χ2n) is 6.05. The quantitative estimate of drug-likeness (QED) is 0.745. The summed E-state index contributed by atoms with van der Waals surface area (Å²) in [5, 5.41) is 11.3. The van der Waals surface area contributed by atoms with E-state index < -0.39 is 0 Å². The number of hydrogen-bond acceptors (Lipinski definition) is 5. The Labute approximate surface area is 162 Å². The summed E-state index contributed by atoms with van der Waals surface area (Å²) in [6.07, 6.45) is 3.55. The van der Waals surface area contributed by atoms with E-state index in [0.717, 1.165) is 5.56 Å². The minimum Gasteiger partial charge on any atom is -0.479 e. The molecule has 28 heavy (non-hydrogen) atoms. The van der Waals surface area contributed by atoms with Crippen LogP contribution in [0.15, 0.2) is 42.5 Å². The van der Waals surface area contributed by atoms with Crippen LogP contribution in [0, 0.1) is 17.1 Å². The maximum atomic E-state index is 13.7. The summed E-state index contributed by atoms with van der Waals surface area (Å²) in [4.78, 5) is 12.0. The summed E-state index contributed by atoms with van der Waals surface area (Å²) in [6, 6.07) is 11.7. The van der Waals surface area contributed by atoms with Gasteiger partial charge in [0.1, 0.15) is 23.4 Å². The molecule has 3 rings (SSSR count). The number of hydrogen-bond donors (Lipinski definition) is 1. The number of carbonyl (C=O) groups is 1. The average Bonchev–Trinajstić information content (AvgIpc) is 2.71. The number of nitrogens with zero attached hydrogens (tertiary/aromatic N) is 1. The number of benzene rings is 2. The minimum absolute atomic E-state index is 0.00974. The summed E-state index contributed by atoms with van der Waals surface area (Å²) >= 11 is 0. The fourth-order valence-electron chi connectivity index (χ4n) is 2.78. The standard InChI is InChI=1S/C21H19FN2O4/c22-18-11-16(21-17(12-18)13-26-14-28-21)7-9-24-20(25)6-3-15-1-4-19(5-2-15)27-10-8-23/h1-6,11-12H,7,9-10,13-14H2,(H,24,25)/b6-3+. The molecule has 1 aliphatic heterocycles. The van der Waals surface area contributed by atoms with Gasteiger partial charge in [-0.3, -0.25) is 4.79 Å². The molecule has 0 saturated heterocycles. The van der Waals surface area contributed by atoms with E-state index in [1.54, 1.807) is 30.3 Å². The first-order valence-electron chi connectivity index (χ1n) is 8.73. The van der Waals surface area contributed by atoms with E-state index in [1.807, 2.05) is 6.07 Å². The molecule has 0 unspecified atom stereocenters. The number of fused-ring (bicyclic) bond motifs is 1. The molecule has 2 aromatic rings. The minimum atomic E-state index is -0.351. The van der Waals surface area contributed by atoms with Gasteiger partial charge in [-0.25, -0.2) is 4.39 Å². The molecule has 0 bridgehead atoms. The third-order valence-corrected chi connectivity index (χ3v) is 4.06. The van der Waals surface area contributed by atoms with Crippen molar-refractivity contribution in [2.45, 2.75) is 13.0 Å². The summed E-state index contributed by atoms with van der Waals surface area (Å²) < 4.78 is 29.5. The van der Waals surface area contributed by atoms with Crippen LogP contribution in [-0.2, 0) is 22.6 Å². The molecule has 144 valence electrons. The molecule has 2 aromatic carbocycles. The van der Waals surface area contributed by atoms with Gasteiger partial charge in [-0.1, -0.05) is 12.1 Å². The van der Waals surface area contributed by atoms with Crippen LogP contribution in [0.2, 0.25) is 0 Å². The van der Waals surface area contributed by atoms with Crippen LogP contribution in [0.4, 0.5) is 4.39 Å². The number of ether oxygens (including phenoxy) is 3. The van der Waals surface area contributed by atoms with Crippen LogP contribution in [0.5, 0.6) is 11.5 Å². The summed E-state index contributed by atoms with van der Waals surface area (Å²) in [6.45, 7) is 0.797. The third kappa shape index (κ3) is 5.32. The Hall–Kier alpha value is -3.37. The zero-order chi connectivity index (χ0) is 19.8. The molecular weight excluding hydrogens is 363 g/mol. The number of nitrogens with one attached hydrogen (secondary N) is 1. The molecular formula is C21H19FN2O4. The average molecular weight is 382 g/mol. The van der Waals surface area contributed by atoms with Gasteiger partial charge in [-0.15, -0.1) is 0 Å². The predicted octanol–water partition coefficient (Wildman–Crippen LogP) is 2.97. The van der Waals surface area contributed by atoms with E-state index in [4.69, 9.17) is 19.5 Å². The van der Waals surface area contributed by atoms with Gasteiger partial charge in [-0.05, 0) is 47.9 Å². The third-order valence-electron chi connectivity index (χ3n) is 4.06. The number of amides is 1. The van der Waals surface area contributed by atoms with E-state index in [2.05, 4.69) is 5.32 Å². The van der Waals surface area contributed by atoms with Crippen molar-refractivity contribution in [3.05, 3.63) is 65.0 Å². The summed E-state index contributed by atoms with van der Waals surface area (Å²) in [7, 11) is 0. The molecule has 0 aliphatic carbocycles. The molecule has 0 radical (unpaired) electrons. The lowest BCUT2D eigenvalue weighted by molar-refractivity contribution is -0.116. The molecule has 1 heterocycles. The Morgan fingerprint density at radius 2 is 2.14 bits per heavy atom. The monoisotopic (exact) mass is 382 g/mol. The molecule has 0 fully saturated rings. The zero-order valence-corrected chi connectivity index (χ0v) is 15.1. The van der Waals surface area contributed by atoms with Gasteiger partial charge < -0.3 is 19.5 Å². The normalized spacial score (nSPS) is 12.7. The molecule has 6 nitrogen and oxygen atoms in total. The lowest BCUT2D eigenvalue weighted by Crippen LogP contribution is -2.24. The van der Waals surface area contributed by atoms with Gasteiger partial charge in [0.15, 0.2) is 13.4 Å². The zero-order valence-electron chi connectivity index (χ0n) is 15.1. The second kappa shape index (κ2) is 9.53. The topological polar surface area (TPSA) is 80.6 Å². The Morgan fingerprint density at radius 1 is 1.32 bits per heavy atom. The second-order valence-corrected chi connectivity index (χ2v) is 6.05. The summed E-state index contributed by atoms with van der Waals surface area (Å²) in [5.74, 6) is 0.626. The van der Waals surface area contributed by atoms with E-state index >= 15 is 0 Å². The molecule has 1 aliphatic rings. The van der Waals surface area contributed by atoms with Crippen LogP contribution < -0.4 is 14.8 Å². The molecule has 1 amide bonds. The first kappa shape index (κ1) is 19.4. The van der Waals surface area contributed by atoms with Crippen LogP contribution in [0.25, 0.3) is 6.08 Å². The maximum Gasteiger partial charge on any atom is 0.244 e. The smallest absolute Gasteiger partial charge is 0.244 e. The van der Waals surface area contributed by atoms with Gasteiger partial charge in [0.25, 0.3) is 0 Å². The SMILES string of the molecule is N#CCOc1ccc(/C=C/C(=O)NCCc2cc(F)cc3c2OCOC3)cc1. The van der Waals surface area contributed by atoms with Crippen LogP contribution in [0.1, 0.15) is 16.7 Å². The highest BCUT2D eigenvalue weighted by Crippen LogP contribution is 2.29. The maximum absolute atomic E-state index is 13.7. The molecule has 0 aromatic heterocycles. The van der Waals surface area contributed by atoms with Gasteiger partial charge in [0, 0.05) is 18.2 Å². The van der Waals surface area contributed by atoms with E-state index in [0.29, 0.717) is 42.2 Å². The fourth-order valence-corrected chi connectivity index (χ4v) is 2.78. The van der Waals surface area contributed by atoms with Crippen LogP contribution in [-0.4, -0.2) is 25.9 Å². The Bertz CT molecular complexity index is 904. The van der Waals surface area contributed by atoms with Crippen molar-refractivity contribution in [2.75, 3.05) is 19.9 Å². The molecule has 0 spiro atoms. The number of rotatable bonds is 7. The van der Waals surface area contributed by atoms with Crippen molar-refractivity contribution >= 4 is 12.0 Å². The highest BCUT2D eigenvalue weighted by atomic mass is 19.1. The van der Waals surface area contributed by atoms with Crippen molar-refractivity contribution < 1.29 is 23.4 Å². The number of halogens is 1. The van der Waals surface area contributed by atoms with Gasteiger partial charge in [-0.2, -0.15) is 5.26 Å². The van der Waals surface area contributed by atoms with E-state index in [-0.39, 0.29) is 25.1 Å². The molecule has 1 N–H and O–H groups in total. The van der Waals surface area contributed by atoms with E-state index in [1.165, 1.54) is 18.2 Å². The van der Waals surface area contributed by atoms with Gasteiger partial charge >= 0.3 is 0 Å². The lowest BCUT2D eigenvalue weighted by Gasteiger charge is -2.20. The molecule has 0 atom stereocenters. The number of carbonyl (C=O) groups excluding carboxylic acids is 1. The highest BCUT2D eigenvalue weighted by molar-refractivity contribution is 5.91. The Balaban J connectivity index is 1.50. The van der Waals surface area contributed by atoms with Crippen LogP contribution in [0.3, 0.4) is 0 Å². The van der Waals surface area contributed by atoms with Crippen molar-refractivity contribution in [3.63, 3.8) is 0 Å². The largest absolute Gasteiger partial charge is 0.479 e. The highest BCUT2D eigenvalue weighted by Gasteiger charge is 2.16. The lowest BCUT2D eigenvalue weighted by atomic mass is 10.1. The van der Waals surface area contributed by atoms with Crippen molar-refractivity contribution in [2.24, 2.45) is 0 Å². The van der Waals surface area contributed by atoms with Crippen molar-refractivity contribution in [1.82, 2.24) is 5.32 Å². The summed E-state index contributed by atoms with van der Waals surface area (Å²) in [5.41, 5.74) is 2.21. The van der Waals surface area contributed by atoms with Crippen molar-refractivity contribution in [3.8, 4) is 17.6 Å². The molecule has 7 heteroatoms. The Kier molecular flexibility index (Phi) is 6.60. The first-order chi connectivity index (χ1) is 13.7. The fraction of sp³-hybridized carbons (Fsp3) is 0.238. The van der Waals surface area contributed by atoms with E-state index in [9.17, 15) is 9.18 Å². The van der Waals surface area contributed by atoms with Gasteiger partial charge in [0.2, 0.25) is 5.91 Å². The number of nitriles is 1. The first-order valence-corrected chi connectivity index (χ1v) is 8.73. The Morgan fingerprint density at radius 3 is 2.93 bits per heavy atom. The molecule has 0 saturated carbocycles. The van der Waals surface area contributed by atoms with Crippen molar-refractivity contribution in [1.29, 1.82) is 5.26 Å². The van der Waals surface area contributed by atoms with Gasteiger partial charge in [0.05, 0.1) is 6.61 Å². The predicted molar refractivity (Wildman–Crippen MR) is 100.0 cm³/mol. The van der Waals surface area contributed by atoms with Crippen LogP contribution >= 0.6 is 0 Å².